The first-order chi connectivity index (χ1) is 14.7. The molecule has 0 saturated heterocycles. The van der Waals surface area contributed by atoms with Crippen LogP contribution in [-0.2, 0) is 17.6 Å². The van der Waals surface area contributed by atoms with E-state index < -0.39 is 0 Å². The van der Waals surface area contributed by atoms with E-state index in [1.54, 1.807) is 14.2 Å². The summed E-state index contributed by atoms with van der Waals surface area (Å²) in [5.74, 6) is 0.931. The zero-order chi connectivity index (χ0) is 21.6. The van der Waals surface area contributed by atoms with Crippen molar-refractivity contribution < 1.29 is 9.53 Å². The lowest BCUT2D eigenvalue weighted by atomic mass is 10.0. The highest BCUT2D eigenvalue weighted by atomic mass is 16.5. The summed E-state index contributed by atoms with van der Waals surface area (Å²) in [5, 5.41) is 7.12. The molecule has 30 heavy (non-hydrogen) atoms. The van der Waals surface area contributed by atoms with Crippen LogP contribution in [0.4, 0.5) is 0 Å². The molecule has 0 unspecified atom stereocenters. The Bertz CT molecular complexity index is 875. The van der Waals surface area contributed by atoms with Crippen LogP contribution in [0.5, 0.6) is 5.75 Å². The molecule has 0 fully saturated rings. The molecule has 0 atom stereocenters. The number of fused-ring (bicyclic) bond motifs is 1. The molecule has 162 valence electrons. The van der Waals surface area contributed by atoms with Crippen molar-refractivity contribution in [2.45, 2.75) is 39.0 Å². The van der Waals surface area contributed by atoms with E-state index in [1.807, 2.05) is 6.07 Å². The van der Waals surface area contributed by atoms with Gasteiger partial charge in [0.1, 0.15) is 5.75 Å². The van der Waals surface area contributed by atoms with Crippen LogP contribution in [0.15, 0.2) is 48.5 Å². The van der Waals surface area contributed by atoms with Crippen LogP contribution < -0.4 is 15.4 Å². The second-order valence-corrected chi connectivity index (χ2v) is 7.34. The van der Waals surface area contributed by atoms with Crippen LogP contribution in [0, 0.1) is 6.92 Å². The van der Waals surface area contributed by atoms with E-state index in [2.05, 4.69) is 65.0 Å². The first-order valence-electron chi connectivity index (χ1n) is 10.7. The number of rotatable bonds is 11. The smallest absolute Gasteiger partial charge is 0.206 e. The number of carbonyl (C=O) groups excluding carboxylic acids is 1. The monoisotopic (exact) mass is 409 g/mol. The van der Waals surface area contributed by atoms with Gasteiger partial charge in [-0.15, -0.1) is 0 Å². The van der Waals surface area contributed by atoms with Crippen molar-refractivity contribution in [2.75, 3.05) is 27.2 Å². The number of hydrogen-bond acceptors (Lipinski definition) is 3. The molecule has 0 radical (unpaired) electrons. The number of aromatic nitrogens is 1. The molecule has 0 aliphatic carbocycles. The minimum atomic E-state index is 0.625. The summed E-state index contributed by atoms with van der Waals surface area (Å²) < 4.78 is 5.38. The van der Waals surface area contributed by atoms with Gasteiger partial charge in [0.2, 0.25) is 6.41 Å². The lowest BCUT2D eigenvalue weighted by molar-refractivity contribution is -0.109. The van der Waals surface area contributed by atoms with Crippen LogP contribution in [0.3, 0.4) is 0 Å². The van der Waals surface area contributed by atoms with E-state index in [-0.39, 0.29) is 0 Å². The minimum absolute atomic E-state index is 0.625. The van der Waals surface area contributed by atoms with Gasteiger partial charge in [-0.3, -0.25) is 4.79 Å². The van der Waals surface area contributed by atoms with E-state index >= 15 is 0 Å². The third kappa shape index (κ3) is 7.56. The lowest BCUT2D eigenvalue weighted by Gasteiger charge is -2.06. The van der Waals surface area contributed by atoms with Crippen molar-refractivity contribution in [1.82, 2.24) is 15.6 Å². The molecule has 0 aliphatic rings. The van der Waals surface area contributed by atoms with Gasteiger partial charge in [-0.2, -0.15) is 0 Å². The van der Waals surface area contributed by atoms with Gasteiger partial charge in [-0.05, 0) is 75.0 Å². The number of unbranched alkanes of at least 4 members (excludes halogenated alkanes) is 2. The number of amides is 1. The molecule has 3 aromatic rings. The predicted molar refractivity (Wildman–Crippen MR) is 125 cm³/mol. The van der Waals surface area contributed by atoms with Crippen LogP contribution in [-0.4, -0.2) is 38.6 Å². The highest BCUT2D eigenvalue weighted by Crippen LogP contribution is 2.27. The van der Waals surface area contributed by atoms with E-state index in [9.17, 15) is 0 Å². The number of carbonyl (C=O) groups is 1. The molecule has 5 nitrogen and oxygen atoms in total. The number of nitrogens with one attached hydrogen (secondary N) is 3. The third-order valence-electron chi connectivity index (χ3n) is 5.16. The molecule has 3 rings (SSSR count). The van der Waals surface area contributed by atoms with Crippen molar-refractivity contribution in [1.29, 1.82) is 0 Å². The third-order valence-corrected chi connectivity index (χ3v) is 5.16. The van der Waals surface area contributed by atoms with Crippen LogP contribution >= 0.6 is 0 Å². The summed E-state index contributed by atoms with van der Waals surface area (Å²) in [7, 11) is 3.29. The fourth-order valence-corrected chi connectivity index (χ4v) is 3.54. The number of hydrogen-bond donors (Lipinski definition) is 3. The zero-order valence-electron chi connectivity index (χ0n) is 18.5. The summed E-state index contributed by atoms with van der Waals surface area (Å²) in [4.78, 5) is 12.6. The Labute approximate surface area is 180 Å². The SMILES string of the molecule is CNC=O.COc1ccc2[nH]c(C)c(CCCCCNCCc3ccccc3)c2c1. The summed E-state index contributed by atoms with van der Waals surface area (Å²) in [6, 6.07) is 17.0. The number of methoxy groups -OCH3 is 1. The van der Waals surface area contributed by atoms with Gasteiger partial charge in [0.05, 0.1) is 7.11 Å². The minimum Gasteiger partial charge on any atom is -0.497 e. The van der Waals surface area contributed by atoms with Gasteiger partial charge >= 0.3 is 0 Å². The van der Waals surface area contributed by atoms with E-state index in [0.29, 0.717) is 6.41 Å². The van der Waals surface area contributed by atoms with Crippen molar-refractivity contribution >= 4 is 17.3 Å². The number of aromatic amines is 1. The van der Waals surface area contributed by atoms with Crippen LogP contribution in [0.1, 0.15) is 36.1 Å². The fourth-order valence-electron chi connectivity index (χ4n) is 3.54. The summed E-state index contributed by atoms with van der Waals surface area (Å²) in [6.07, 6.45) is 6.58. The Morgan fingerprint density at radius 1 is 1.00 bits per heavy atom. The van der Waals surface area contributed by atoms with E-state index in [1.165, 1.54) is 47.0 Å². The summed E-state index contributed by atoms with van der Waals surface area (Å²) in [5.41, 5.74) is 5.34. The Hall–Kier alpha value is -2.79. The Kier molecular flexibility index (Phi) is 10.5. The fraction of sp³-hybridized carbons (Fsp3) is 0.400. The van der Waals surface area contributed by atoms with Crippen molar-refractivity contribution in [3.05, 3.63) is 65.4 Å². The first-order valence-corrected chi connectivity index (χ1v) is 10.7. The average molecular weight is 410 g/mol. The molecule has 5 heteroatoms. The normalized spacial score (nSPS) is 10.4. The van der Waals surface area contributed by atoms with Gasteiger partial charge in [0, 0.05) is 23.6 Å². The second kappa shape index (κ2) is 13.4. The average Bonchev–Trinajstić information content (AvgIpc) is 3.10. The maximum Gasteiger partial charge on any atom is 0.206 e. The molecule has 1 aromatic heterocycles. The van der Waals surface area contributed by atoms with E-state index in [4.69, 9.17) is 9.53 Å². The maximum absolute atomic E-state index is 9.06. The van der Waals surface area contributed by atoms with Crippen molar-refractivity contribution in [3.8, 4) is 5.75 Å². The summed E-state index contributed by atoms with van der Waals surface area (Å²) >= 11 is 0. The van der Waals surface area contributed by atoms with Crippen LogP contribution in [0.25, 0.3) is 10.9 Å². The molecule has 1 amide bonds. The lowest BCUT2D eigenvalue weighted by Crippen LogP contribution is -2.18. The highest BCUT2D eigenvalue weighted by Gasteiger charge is 2.09. The van der Waals surface area contributed by atoms with Gasteiger partial charge in [0.25, 0.3) is 0 Å². The highest BCUT2D eigenvalue weighted by molar-refractivity contribution is 5.86. The Morgan fingerprint density at radius 3 is 2.47 bits per heavy atom. The largest absolute Gasteiger partial charge is 0.497 e. The van der Waals surface area contributed by atoms with Crippen molar-refractivity contribution in [2.24, 2.45) is 0 Å². The zero-order valence-corrected chi connectivity index (χ0v) is 18.5. The molecule has 0 spiro atoms. The molecule has 0 bridgehead atoms. The number of H-pyrrole nitrogens is 1. The summed E-state index contributed by atoms with van der Waals surface area (Å²) in [6.45, 7) is 4.34. The molecule has 0 aliphatic heterocycles. The van der Waals surface area contributed by atoms with E-state index in [0.717, 1.165) is 31.7 Å². The quantitative estimate of drug-likeness (QED) is 0.325. The maximum atomic E-state index is 9.06. The Balaban J connectivity index is 0.000000735. The van der Waals surface area contributed by atoms with Crippen LogP contribution in [0.2, 0.25) is 0 Å². The van der Waals surface area contributed by atoms with Gasteiger partial charge in [-0.1, -0.05) is 36.8 Å². The molecule has 0 saturated carbocycles. The van der Waals surface area contributed by atoms with Gasteiger partial charge in [-0.25, -0.2) is 0 Å². The number of benzene rings is 2. The van der Waals surface area contributed by atoms with Crippen molar-refractivity contribution in [3.63, 3.8) is 0 Å². The Morgan fingerprint density at radius 2 is 1.77 bits per heavy atom. The molecule has 3 N–H and O–H groups in total. The molecular weight excluding hydrogens is 374 g/mol. The first kappa shape index (κ1) is 23.5. The second-order valence-electron chi connectivity index (χ2n) is 7.34. The molecular formula is C25H35N3O2. The number of aryl methyl sites for hydroxylation is 2. The standard InChI is InChI=1S/C23H30N2O.C2H5NO/c1-18-21(22-17-20(26-2)12-13-23(22)25-18)11-7-4-8-15-24-16-14-19-9-5-3-6-10-19;1-3-2-4/h3,5-6,9-10,12-13,17,24-25H,4,7-8,11,14-16H2,1-2H3;2H,1H3,(H,3,4). The molecule has 2 aromatic carbocycles. The van der Waals surface area contributed by atoms with Gasteiger partial charge in [0.15, 0.2) is 0 Å². The number of ether oxygens (including phenoxy) is 1. The topological polar surface area (TPSA) is 66.1 Å². The molecule has 1 heterocycles. The predicted octanol–water partition coefficient (Wildman–Crippen LogP) is 4.39. The van der Waals surface area contributed by atoms with Gasteiger partial charge < -0.3 is 20.4 Å².